The molecule has 0 aromatic heterocycles. The molecule has 2 heterocycles. The fourth-order valence-corrected chi connectivity index (χ4v) is 6.30. The first-order chi connectivity index (χ1) is 21.8. The van der Waals surface area contributed by atoms with Gasteiger partial charge in [-0.2, -0.15) is 0 Å². The topological polar surface area (TPSA) is 108 Å². The van der Waals surface area contributed by atoms with Crippen molar-refractivity contribution < 1.29 is 19.1 Å². The molecule has 3 N–H and O–H groups in total. The Balaban J connectivity index is 1.02. The van der Waals surface area contributed by atoms with E-state index in [0.717, 1.165) is 92.9 Å². The second-order valence-electron chi connectivity index (χ2n) is 12.3. The van der Waals surface area contributed by atoms with Crippen LogP contribution in [0.1, 0.15) is 47.2 Å². The Kier molecular flexibility index (Phi) is 10.9. The molecule has 2 aliphatic rings. The number of nitrogens with one attached hydrogen (secondary N) is 1. The number of carbonyl (C=O) groups is 3. The quantitative estimate of drug-likeness (QED) is 0.329. The Morgan fingerprint density at radius 3 is 2.20 bits per heavy atom. The Morgan fingerprint density at radius 1 is 0.867 bits per heavy atom. The van der Waals surface area contributed by atoms with Crippen molar-refractivity contribution in [1.29, 1.82) is 0 Å². The van der Waals surface area contributed by atoms with Gasteiger partial charge in [0.15, 0.2) is 0 Å². The van der Waals surface area contributed by atoms with E-state index < -0.39 is 6.09 Å². The van der Waals surface area contributed by atoms with E-state index in [4.69, 9.17) is 10.5 Å². The van der Waals surface area contributed by atoms with Gasteiger partial charge in [-0.3, -0.25) is 19.8 Å². The van der Waals surface area contributed by atoms with Crippen LogP contribution < -0.4 is 11.1 Å². The number of rotatable bonds is 10. The Morgan fingerprint density at radius 2 is 1.53 bits per heavy atom. The predicted molar refractivity (Wildman–Crippen MR) is 177 cm³/mol. The van der Waals surface area contributed by atoms with E-state index in [9.17, 15) is 14.4 Å². The molecule has 5 rings (SSSR count). The van der Waals surface area contributed by atoms with Gasteiger partial charge in [0.1, 0.15) is 6.10 Å². The standard InChI is InChI=1S/C36H45N5O4/c1-26-7-6-10-32(33(26)28-8-4-3-5-9-28)38-36(44)45-31-17-21-40(22-18-31)24-23-39(2)35(43)30-13-11-27(12-14-30)25-41-19-15-29(16-20-41)34(37)42/h3-14,29,31H,15-25H2,1-2H3,(H2,37,42)(H,38,44). The molecule has 3 amide bonds. The SMILES string of the molecule is Cc1cccc(NC(=O)OC2CCN(CCN(C)C(=O)c3ccc(CN4CCC(C(N)=O)CC4)cc3)CC2)c1-c1ccccc1. The molecule has 0 aliphatic carbocycles. The summed E-state index contributed by atoms with van der Waals surface area (Å²) in [5.74, 6) is -0.206. The van der Waals surface area contributed by atoms with E-state index in [1.165, 1.54) is 0 Å². The smallest absolute Gasteiger partial charge is 0.411 e. The van der Waals surface area contributed by atoms with E-state index in [0.29, 0.717) is 12.1 Å². The monoisotopic (exact) mass is 611 g/mol. The van der Waals surface area contributed by atoms with Crippen LogP contribution in [0.15, 0.2) is 72.8 Å². The van der Waals surface area contributed by atoms with Gasteiger partial charge < -0.3 is 20.3 Å². The number of primary amides is 1. The molecule has 0 saturated carbocycles. The van der Waals surface area contributed by atoms with Gasteiger partial charge >= 0.3 is 6.09 Å². The summed E-state index contributed by atoms with van der Waals surface area (Å²) in [6, 6.07) is 23.8. The molecule has 45 heavy (non-hydrogen) atoms. The molecule has 0 bridgehead atoms. The van der Waals surface area contributed by atoms with Crippen molar-refractivity contribution in [2.24, 2.45) is 11.7 Å². The normalized spacial score (nSPS) is 16.7. The summed E-state index contributed by atoms with van der Waals surface area (Å²) in [7, 11) is 1.84. The zero-order chi connectivity index (χ0) is 31.8. The van der Waals surface area contributed by atoms with E-state index in [-0.39, 0.29) is 23.8 Å². The molecule has 0 atom stereocenters. The number of hydrogen-bond donors (Lipinski definition) is 2. The van der Waals surface area contributed by atoms with Crippen LogP contribution in [-0.2, 0) is 16.1 Å². The highest BCUT2D eigenvalue weighted by molar-refractivity contribution is 5.94. The molecule has 2 aliphatic heterocycles. The number of amides is 3. The average molecular weight is 612 g/mol. The summed E-state index contributed by atoms with van der Waals surface area (Å²) in [6.45, 7) is 7.57. The van der Waals surface area contributed by atoms with E-state index in [1.807, 2.05) is 86.8 Å². The number of nitrogens with zero attached hydrogens (tertiary/aromatic N) is 3. The van der Waals surface area contributed by atoms with Crippen LogP contribution in [0.25, 0.3) is 11.1 Å². The molecular weight excluding hydrogens is 566 g/mol. The Bertz CT molecular complexity index is 1450. The maximum absolute atomic E-state index is 13.1. The highest BCUT2D eigenvalue weighted by atomic mass is 16.6. The lowest BCUT2D eigenvalue weighted by molar-refractivity contribution is -0.123. The van der Waals surface area contributed by atoms with Crippen LogP contribution in [-0.4, -0.2) is 85.0 Å². The van der Waals surface area contributed by atoms with Crippen LogP contribution in [0.4, 0.5) is 10.5 Å². The zero-order valence-corrected chi connectivity index (χ0v) is 26.4. The van der Waals surface area contributed by atoms with E-state index in [2.05, 4.69) is 15.1 Å². The summed E-state index contributed by atoms with van der Waals surface area (Å²) in [6.07, 6.45) is 2.55. The van der Waals surface area contributed by atoms with Crippen LogP contribution >= 0.6 is 0 Å². The molecule has 3 aromatic rings. The van der Waals surface area contributed by atoms with Gasteiger partial charge in [0.05, 0.1) is 5.69 Å². The molecule has 2 fully saturated rings. The largest absolute Gasteiger partial charge is 0.446 e. The summed E-state index contributed by atoms with van der Waals surface area (Å²) in [4.78, 5) is 43.7. The van der Waals surface area contributed by atoms with Crippen LogP contribution in [0, 0.1) is 12.8 Å². The number of carbonyl (C=O) groups excluding carboxylic acids is 3. The number of likely N-dealkylation sites (tertiary alicyclic amines) is 2. The second kappa shape index (κ2) is 15.2. The van der Waals surface area contributed by atoms with Crippen molar-refractivity contribution in [3.63, 3.8) is 0 Å². The fraction of sp³-hybridized carbons (Fsp3) is 0.417. The van der Waals surface area contributed by atoms with Gasteiger partial charge in [0.25, 0.3) is 5.91 Å². The number of nitrogens with two attached hydrogens (primary N) is 1. The number of piperidine rings is 2. The van der Waals surface area contributed by atoms with Crippen molar-refractivity contribution in [2.45, 2.75) is 45.3 Å². The Hall–Kier alpha value is -4.21. The number of ether oxygens (including phenoxy) is 1. The molecule has 9 heteroatoms. The number of hydrogen-bond acceptors (Lipinski definition) is 6. The van der Waals surface area contributed by atoms with Gasteiger partial charge in [-0.25, -0.2) is 4.79 Å². The molecule has 0 unspecified atom stereocenters. The highest BCUT2D eigenvalue weighted by Gasteiger charge is 2.25. The van der Waals surface area contributed by atoms with Gasteiger partial charge in [-0.05, 0) is 80.6 Å². The minimum Gasteiger partial charge on any atom is -0.446 e. The fourth-order valence-electron chi connectivity index (χ4n) is 6.30. The molecule has 9 nitrogen and oxygen atoms in total. The molecule has 0 spiro atoms. The van der Waals surface area contributed by atoms with Crippen molar-refractivity contribution in [3.05, 3.63) is 89.5 Å². The lowest BCUT2D eigenvalue weighted by Gasteiger charge is -2.32. The zero-order valence-electron chi connectivity index (χ0n) is 26.4. The third kappa shape index (κ3) is 8.71. The van der Waals surface area contributed by atoms with Gasteiger partial charge in [-0.1, -0.05) is 54.6 Å². The van der Waals surface area contributed by atoms with Crippen molar-refractivity contribution in [2.75, 3.05) is 51.6 Å². The highest BCUT2D eigenvalue weighted by Crippen LogP contribution is 2.31. The summed E-state index contributed by atoms with van der Waals surface area (Å²) >= 11 is 0. The van der Waals surface area contributed by atoms with Crippen molar-refractivity contribution >= 4 is 23.6 Å². The predicted octanol–water partition coefficient (Wildman–Crippen LogP) is 5.14. The molecule has 0 radical (unpaired) electrons. The molecule has 3 aromatic carbocycles. The molecular formula is C36H45N5O4. The van der Waals surface area contributed by atoms with Gasteiger partial charge in [-0.15, -0.1) is 0 Å². The third-order valence-corrected chi connectivity index (χ3v) is 9.08. The van der Waals surface area contributed by atoms with Gasteiger partial charge in [0, 0.05) is 56.8 Å². The second-order valence-corrected chi connectivity index (χ2v) is 12.3. The third-order valence-electron chi connectivity index (χ3n) is 9.08. The number of benzene rings is 3. The molecule has 2 saturated heterocycles. The Labute approximate surface area is 266 Å². The first-order valence-corrected chi connectivity index (χ1v) is 16.0. The summed E-state index contributed by atoms with van der Waals surface area (Å²) in [5.41, 5.74) is 11.2. The lowest BCUT2D eigenvalue weighted by atomic mass is 9.96. The van der Waals surface area contributed by atoms with Crippen molar-refractivity contribution in [1.82, 2.24) is 14.7 Å². The maximum atomic E-state index is 13.1. The number of aryl methyl sites for hydroxylation is 1. The maximum Gasteiger partial charge on any atom is 0.411 e. The van der Waals surface area contributed by atoms with Crippen LogP contribution in [0.5, 0.6) is 0 Å². The number of anilines is 1. The van der Waals surface area contributed by atoms with Gasteiger partial charge in [0.2, 0.25) is 5.91 Å². The summed E-state index contributed by atoms with van der Waals surface area (Å²) < 4.78 is 5.80. The van der Waals surface area contributed by atoms with E-state index >= 15 is 0 Å². The lowest BCUT2D eigenvalue weighted by Crippen LogP contribution is -2.42. The van der Waals surface area contributed by atoms with Crippen molar-refractivity contribution in [3.8, 4) is 11.1 Å². The number of likely N-dealkylation sites (N-methyl/N-ethyl adjacent to an activating group) is 1. The van der Waals surface area contributed by atoms with E-state index in [1.54, 1.807) is 4.90 Å². The first kappa shape index (κ1) is 32.2. The van der Waals surface area contributed by atoms with Crippen LogP contribution in [0.2, 0.25) is 0 Å². The molecule has 238 valence electrons. The first-order valence-electron chi connectivity index (χ1n) is 16.0. The minimum absolute atomic E-state index is 0.00438. The van der Waals surface area contributed by atoms with Crippen LogP contribution in [0.3, 0.4) is 0 Å². The summed E-state index contributed by atoms with van der Waals surface area (Å²) in [5, 5.41) is 2.97. The average Bonchev–Trinajstić information content (AvgIpc) is 3.05. The minimum atomic E-state index is -0.430.